The number of benzene rings is 1. The van der Waals surface area contributed by atoms with E-state index in [0.717, 1.165) is 0 Å². The van der Waals surface area contributed by atoms with Crippen LogP contribution in [0.3, 0.4) is 0 Å². The van der Waals surface area contributed by atoms with Crippen LogP contribution < -0.4 is 10.1 Å². The van der Waals surface area contributed by atoms with Gasteiger partial charge in [0.25, 0.3) is 0 Å². The molecule has 0 aromatic heterocycles. The summed E-state index contributed by atoms with van der Waals surface area (Å²) in [7, 11) is 0. The van der Waals surface area contributed by atoms with Crippen molar-refractivity contribution in [3.05, 3.63) is 23.8 Å². The van der Waals surface area contributed by atoms with Crippen LogP contribution in [0.15, 0.2) is 18.2 Å². The number of alkyl halides is 4. The highest BCUT2D eigenvalue weighted by Gasteiger charge is 2.49. The van der Waals surface area contributed by atoms with Crippen LogP contribution in [0, 0.1) is 6.92 Å². The first kappa shape index (κ1) is 15.3. The van der Waals surface area contributed by atoms with Crippen LogP contribution in [0.25, 0.3) is 0 Å². The van der Waals surface area contributed by atoms with E-state index in [9.17, 15) is 22.4 Å². The van der Waals surface area contributed by atoms with E-state index in [1.54, 1.807) is 19.2 Å². The molecule has 0 saturated heterocycles. The lowest BCUT2D eigenvalue weighted by Crippen LogP contribution is -2.41. The Labute approximate surface area is 107 Å². The molecule has 0 spiro atoms. The highest BCUT2D eigenvalue weighted by atomic mass is 19.3. The molecule has 1 aromatic carbocycles. The van der Waals surface area contributed by atoms with E-state index in [1.807, 2.05) is 0 Å². The van der Waals surface area contributed by atoms with Gasteiger partial charge in [0.2, 0.25) is 0 Å². The number of aryl methyl sites for hydroxylation is 1. The molecule has 0 radical (unpaired) electrons. The summed E-state index contributed by atoms with van der Waals surface area (Å²) >= 11 is 0. The Bertz CT molecular complexity index is 463. The van der Waals surface area contributed by atoms with E-state index < -0.39 is 18.3 Å². The number of carbonyl (C=O) groups excluding carboxylic acids is 1. The van der Waals surface area contributed by atoms with E-state index in [0.29, 0.717) is 17.9 Å². The highest BCUT2D eigenvalue weighted by Crippen LogP contribution is 2.27. The van der Waals surface area contributed by atoms with Gasteiger partial charge < -0.3 is 10.1 Å². The Kier molecular flexibility index (Phi) is 4.74. The zero-order chi connectivity index (χ0) is 14.6. The minimum Gasteiger partial charge on any atom is -0.494 e. The van der Waals surface area contributed by atoms with Crippen LogP contribution in [-0.4, -0.2) is 24.9 Å². The van der Waals surface area contributed by atoms with Crippen molar-refractivity contribution < 1.29 is 27.1 Å². The van der Waals surface area contributed by atoms with Gasteiger partial charge in [-0.1, -0.05) is 0 Å². The van der Waals surface area contributed by atoms with E-state index >= 15 is 0 Å². The molecule has 0 aliphatic rings. The lowest BCUT2D eigenvalue weighted by molar-refractivity contribution is -0.163. The number of halogens is 4. The summed E-state index contributed by atoms with van der Waals surface area (Å²) in [6.45, 7) is 3.74. The molecule has 0 atom stereocenters. The third-order valence-corrected chi connectivity index (χ3v) is 2.33. The van der Waals surface area contributed by atoms with E-state index in [1.165, 1.54) is 18.2 Å². The Morgan fingerprint density at radius 2 is 2.05 bits per heavy atom. The zero-order valence-corrected chi connectivity index (χ0v) is 10.3. The summed E-state index contributed by atoms with van der Waals surface area (Å²) in [6, 6.07) is 4.28. The molecular formula is C12H13F4NO2. The van der Waals surface area contributed by atoms with Crippen LogP contribution in [-0.2, 0) is 4.79 Å². The fourth-order valence-electron chi connectivity index (χ4n) is 1.34. The predicted octanol–water partition coefficient (Wildman–Crippen LogP) is 3.23. The molecule has 0 saturated carbocycles. The van der Waals surface area contributed by atoms with Crippen LogP contribution in [0.4, 0.5) is 23.2 Å². The average molecular weight is 279 g/mol. The van der Waals surface area contributed by atoms with Crippen molar-refractivity contribution in [3.8, 4) is 5.75 Å². The van der Waals surface area contributed by atoms with Crippen molar-refractivity contribution in [2.24, 2.45) is 0 Å². The molecule has 1 N–H and O–H groups in total. The average Bonchev–Trinajstić information content (AvgIpc) is 2.32. The van der Waals surface area contributed by atoms with Gasteiger partial charge in [-0.3, -0.25) is 4.79 Å². The summed E-state index contributed by atoms with van der Waals surface area (Å²) in [5, 5.41) is 1.78. The highest BCUT2D eigenvalue weighted by molar-refractivity contribution is 5.97. The van der Waals surface area contributed by atoms with Gasteiger partial charge in [0.1, 0.15) is 5.75 Å². The Morgan fingerprint density at radius 3 is 2.53 bits per heavy atom. The number of anilines is 1. The molecular weight excluding hydrogens is 266 g/mol. The normalized spacial score (nSPS) is 11.5. The maximum absolute atomic E-state index is 12.8. The zero-order valence-electron chi connectivity index (χ0n) is 10.3. The first-order chi connectivity index (χ1) is 8.78. The van der Waals surface area contributed by atoms with Crippen molar-refractivity contribution in [3.63, 3.8) is 0 Å². The minimum atomic E-state index is -4.72. The van der Waals surface area contributed by atoms with E-state index in [2.05, 4.69) is 0 Å². The van der Waals surface area contributed by atoms with Crippen molar-refractivity contribution in [1.82, 2.24) is 0 Å². The maximum Gasteiger partial charge on any atom is 0.383 e. The SMILES string of the molecule is CCOc1ccc(NC(=O)C(F)(F)C(F)F)c(C)c1. The Hall–Kier alpha value is -1.79. The predicted molar refractivity (Wildman–Crippen MR) is 61.9 cm³/mol. The van der Waals surface area contributed by atoms with Gasteiger partial charge in [0, 0.05) is 5.69 Å². The number of nitrogens with one attached hydrogen (secondary N) is 1. The number of rotatable bonds is 5. The molecule has 1 amide bonds. The molecule has 0 aliphatic carbocycles. The summed E-state index contributed by atoms with van der Waals surface area (Å²) < 4.78 is 54.7. The molecule has 0 unspecified atom stereocenters. The van der Waals surface area contributed by atoms with E-state index in [4.69, 9.17) is 4.74 Å². The Balaban J connectivity index is 2.86. The number of carbonyl (C=O) groups is 1. The number of ether oxygens (including phenoxy) is 1. The third-order valence-electron chi connectivity index (χ3n) is 2.33. The van der Waals surface area contributed by atoms with Gasteiger partial charge in [0.05, 0.1) is 6.61 Å². The molecule has 1 rings (SSSR count). The van der Waals surface area contributed by atoms with Gasteiger partial charge in [-0.25, -0.2) is 8.78 Å². The summed E-state index contributed by atoms with van der Waals surface area (Å²) in [6.07, 6.45) is -4.05. The van der Waals surface area contributed by atoms with Gasteiger partial charge >= 0.3 is 18.3 Å². The van der Waals surface area contributed by atoms with Gasteiger partial charge in [-0.15, -0.1) is 0 Å². The summed E-state index contributed by atoms with van der Waals surface area (Å²) in [4.78, 5) is 11.1. The molecule has 3 nitrogen and oxygen atoms in total. The second-order valence-corrected chi connectivity index (χ2v) is 3.79. The maximum atomic E-state index is 12.8. The quantitative estimate of drug-likeness (QED) is 0.840. The number of hydrogen-bond donors (Lipinski definition) is 1. The first-order valence-corrected chi connectivity index (χ1v) is 5.50. The molecule has 0 bridgehead atoms. The standard InChI is InChI=1S/C12H13F4NO2/c1-3-19-8-4-5-9(7(2)6-8)17-11(18)12(15,16)10(13)14/h4-6,10H,3H2,1-2H3,(H,17,18). The van der Waals surface area contributed by atoms with Crippen LogP contribution in [0.5, 0.6) is 5.75 Å². The fourth-order valence-corrected chi connectivity index (χ4v) is 1.34. The van der Waals surface area contributed by atoms with Crippen molar-refractivity contribution in [2.75, 3.05) is 11.9 Å². The lowest BCUT2D eigenvalue weighted by Gasteiger charge is -2.16. The third kappa shape index (κ3) is 3.59. The van der Waals surface area contributed by atoms with Crippen LogP contribution >= 0.6 is 0 Å². The molecule has 0 fully saturated rings. The summed E-state index contributed by atoms with van der Waals surface area (Å²) in [5.74, 6) is -6.25. The number of amides is 1. The van der Waals surface area contributed by atoms with Crippen molar-refractivity contribution in [1.29, 1.82) is 0 Å². The lowest BCUT2D eigenvalue weighted by atomic mass is 10.2. The van der Waals surface area contributed by atoms with Crippen molar-refractivity contribution in [2.45, 2.75) is 26.2 Å². The van der Waals surface area contributed by atoms with Gasteiger partial charge in [-0.05, 0) is 37.6 Å². The van der Waals surface area contributed by atoms with E-state index in [-0.39, 0.29) is 5.69 Å². The molecule has 0 heterocycles. The molecule has 106 valence electrons. The minimum absolute atomic E-state index is 0.0359. The second-order valence-electron chi connectivity index (χ2n) is 3.79. The molecule has 1 aromatic rings. The number of hydrogen-bond acceptors (Lipinski definition) is 2. The van der Waals surface area contributed by atoms with Crippen molar-refractivity contribution >= 4 is 11.6 Å². The summed E-state index contributed by atoms with van der Waals surface area (Å²) in [5.41, 5.74) is 0.471. The largest absolute Gasteiger partial charge is 0.494 e. The topological polar surface area (TPSA) is 38.3 Å². The van der Waals surface area contributed by atoms with Crippen LogP contribution in [0.2, 0.25) is 0 Å². The smallest absolute Gasteiger partial charge is 0.383 e. The fraction of sp³-hybridized carbons (Fsp3) is 0.417. The molecule has 19 heavy (non-hydrogen) atoms. The van der Waals surface area contributed by atoms with Gasteiger partial charge in [-0.2, -0.15) is 8.78 Å². The first-order valence-electron chi connectivity index (χ1n) is 5.50. The monoisotopic (exact) mass is 279 g/mol. The second kappa shape index (κ2) is 5.90. The Morgan fingerprint density at radius 1 is 1.42 bits per heavy atom. The molecule has 7 heteroatoms. The van der Waals surface area contributed by atoms with Gasteiger partial charge in [0.15, 0.2) is 0 Å². The molecule has 0 aliphatic heterocycles. The van der Waals surface area contributed by atoms with Crippen LogP contribution in [0.1, 0.15) is 12.5 Å².